The van der Waals surface area contributed by atoms with Crippen LogP contribution in [0.4, 0.5) is 0 Å². The van der Waals surface area contributed by atoms with Crippen molar-refractivity contribution in [1.29, 1.82) is 0 Å². The second-order valence-electron chi connectivity index (χ2n) is 9.46. The molecule has 0 spiro atoms. The molecule has 0 aliphatic carbocycles. The van der Waals surface area contributed by atoms with Gasteiger partial charge in [-0.3, -0.25) is 0 Å². The number of rotatable bonds is 10. The van der Waals surface area contributed by atoms with E-state index in [1.54, 1.807) is 0 Å². The maximum absolute atomic E-state index is 13.2. The van der Waals surface area contributed by atoms with Crippen LogP contribution in [0, 0.1) is 0 Å². The first kappa shape index (κ1) is 27.7. The van der Waals surface area contributed by atoms with Crippen molar-refractivity contribution < 1.29 is 19.1 Å². The lowest BCUT2D eigenvalue weighted by Gasteiger charge is -2.24. The fourth-order valence-electron chi connectivity index (χ4n) is 6.19. The number of hydrogen-bond acceptors (Lipinski definition) is 4. The van der Waals surface area contributed by atoms with Gasteiger partial charge in [0, 0.05) is 0 Å². The van der Waals surface area contributed by atoms with Crippen LogP contribution in [0.25, 0.3) is 21.5 Å². The SMILES string of the molecule is CCCc1c(C(=O)OC)c(C(=O)OC)c(CCC)c2cc3c(CC)c(CC)c(CC)c(CC)c3cc12. The Morgan fingerprint density at radius 3 is 1.08 bits per heavy atom. The van der Waals surface area contributed by atoms with Crippen LogP contribution in [0.15, 0.2) is 12.1 Å². The van der Waals surface area contributed by atoms with Crippen LogP contribution in [-0.2, 0) is 48.0 Å². The molecule has 0 heterocycles. The molecule has 0 atom stereocenters. The maximum Gasteiger partial charge on any atom is 0.339 e. The summed E-state index contributed by atoms with van der Waals surface area (Å²) in [4.78, 5) is 26.4. The Balaban J connectivity index is 2.73. The molecule has 0 fully saturated rings. The summed E-state index contributed by atoms with van der Waals surface area (Å²) >= 11 is 0. The zero-order chi connectivity index (χ0) is 26.6. The van der Waals surface area contributed by atoms with Crippen molar-refractivity contribution >= 4 is 33.5 Å². The maximum atomic E-state index is 13.2. The molecular weight excluding hydrogens is 448 g/mol. The summed E-state index contributed by atoms with van der Waals surface area (Å²) in [5, 5.41) is 4.67. The molecule has 194 valence electrons. The number of aryl methyl sites for hydroxylation is 4. The molecule has 3 rings (SSSR count). The summed E-state index contributed by atoms with van der Waals surface area (Å²) in [5.41, 5.74) is 8.26. The van der Waals surface area contributed by atoms with Crippen molar-refractivity contribution in [3.8, 4) is 0 Å². The molecule has 3 aromatic rings. The molecule has 0 aliphatic rings. The van der Waals surface area contributed by atoms with Gasteiger partial charge in [0.05, 0.1) is 25.3 Å². The van der Waals surface area contributed by atoms with Crippen LogP contribution in [0.3, 0.4) is 0 Å². The predicted octanol–water partition coefficient (Wildman–Crippen LogP) is 7.72. The van der Waals surface area contributed by atoms with Crippen LogP contribution in [-0.4, -0.2) is 26.2 Å². The molecule has 4 heteroatoms. The van der Waals surface area contributed by atoms with E-state index in [0.29, 0.717) is 24.0 Å². The van der Waals surface area contributed by atoms with Crippen LogP contribution < -0.4 is 0 Å². The molecule has 0 N–H and O–H groups in total. The highest BCUT2D eigenvalue weighted by atomic mass is 16.5. The van der Waals surface area contributed by atoms with E-state index in [4.69, 9.17) is 9.47 Å². The Bertz CT molecular complexity index is 1200. The van der Waals surface area contributed by atoms with Gasteiger partial charge in [0.2, 0.25) is 0 Å². The minimum absolute atomic E-state index is 0.371. The first-order chi connectivity index (χ1) is 17.4. The number of carbonyl (C=O) groups excluding carboxylic acids is 2. The lowest BCUT2D eigenvalue weighted by Crippen LogP contribution is -2.18. The monoisotopic (exact) mass is 490 g/mol. The van der Waals surface area contributed by atoms with E-state index in [1.165, 1.54) is 47.2 Å². The second-order valence-corrected chi connectivity index (χ2v) is 9.46. The molecule has 4 nitrogen and oxygen atoms in total. The lowest BCUT2D eigenvalue weighted by atomic mass is 9.80. The van der Waals surface area contributed by atoms with Crippen molar-refractivity contribution in [2.75, 3.05) is 14.2 Å². The number of hydrogen-bond donors (Lipinski definition) is 0. The minimum atomic E-state index is -0.473. The van der Waals surface area contributed by atoms with Gasteiger partial charge in [-0.1, -0.05) is 54.4 Å². The Morgan fingerprint density at radius 2 is 0.833 bits per heavy atom. The number of ether oxygens (including phenoxy) is 2. The predicted molar refractivity (Wildman–Crippen MR) is 150 cm³/mol. The number of esters is 2. The fraction of sp³-hybridized carbons (Fsp3) is 0.500. The smallest absolute Gasteiger partial charge is 0.339 e. The molecule has 36 heavy (non-hydrogen) atoms. The van der Waals surface area contributed by atoms with Crippen molar-refractivity contribution in [1.82, 2.24) is 0 Å². The Hall–Kier alpha value is -2.88. The third kappa shape index (κ3) is 4.51. The molecule has 0 amide bonds. The highest BCUT2D eigenvalue weighted by Crippen LogP contribution is 2.40. The molecule has 0 saturated heterocycles. The van der Waals surface area contributed by atoms with Gasteiger partial charge in [-0.15, -0.1) is 0 Å². The van der Waals surface area contributed by atoms with Gasteiger partial charge >= 0.3 is 11.9 Å². The Morgan fingerprint density at radius 1 is 0.528 bits per heavy atom. The van der Waals surface area contributed by atoms with E-state index in [2.05, 4.69) is 53.7 Å². The molecule has 0 bridgehead atoms. The van der Waals surface area contributed by atoms with Crippen molar-refractivity contribution in [3.05, 3.63) is 56.6 Å². The zero-order valence-corrected chi connectivity index (χ0v) is 23.4. The van der Waals surface area contributed by atoms with E-state index in [-0.39, 0.29) is 0 Å². The molecule has 0 aliphatic heterocycles. The highest BCUT2D eigenvalue weighted by molar-refractivity contribution is 6.14. The average molecular weight is 491 g/mol. The minimum Gasteiger partial charge on any atom is -0.465 e. The first-order valence-corrected chi connectivity index (χ1v) is 13.7. The van der Waals surface area contributed by atoms with E-state index in [0.717, 1.165) is 60.4 Å². The molecule has 0 unspecified atom stereocenters. The number of methoxy groups -OCH3 is 2. The summed E-state index contributed by atoms with van der Waals surface area (Å²) in [5.74, 6) is -0.947. The second kappa shape index (κ2) is 11.9. The zero-order valence-electron chi connectivity index (χ0n) is 23.4. The lowest BCUT2D eigenvalue weighted by molar-refractivity contribution is 0.0553. The standard InChI is InChI=1S/C32H42O4/c1-9-15-23-27-17-25-21(13-5)19(11-3)20(12-4)22(14-6)26(25)18-28(27)24(16-10-2)30(32(34)36-8)29(23)31(33)35-7/h17-18H,9-16H2,1-8H3. The van der Waals surface area contributed by atoms with E-state index < -0.39 is 11.9 Å². The quantitative estimate of drug-likeness (QED) is 0.216. The van der Waals surface area contributed by atoms with E-state index in [1.807, 2.05) is 0 Å². The van der Waals surface area contributed by atoms with Crippen molar-refractivity contribution in [3.63, 3.8) is 0 Å². The molecular formula is C32H42O4. The van der Waals surface area contributed by atoms with E-state index in [9.17, 15) is 9.59 Å². The molecule has 3 aromatic carbocycles. The van der Waals surface area contributed by atoms with E-state index >= 15 is 0 Å². The molecule has 0 radical (unpaired) electrons. The van der Waals surface area contributed by atoms with Crippen LogP contribution >= 0.6 is 0 Å². The fourth-order valence-corrected chi connectivity index (χ4v) is 6.19. The summed E-state index contributed by atoms with van der Waals surface area (Å²) in [7, 11) is 2.76. The van der Waals surface area contributed by atoms with Gasteiger partial charge in [0.1, 0.15) is 0 Å². The van der Waals surface area contributed by atoms with Gasteiger partial charge < -0.3 is 9.47 Å². The number of fused-ring (bicyclic) bond motifs is 2. The average Bonchev–Trinajstić information content (AvgIpc) is 2.90. The summed E-state index contributed by atoms with van der Waals surface area (Å²) in [6.45, 7) is 13.2. The molecule has 0 saturated carbocycles. The van der Waals surface area contributed by atoms with Crippen LogP contribution in [0.2, 0.25) is 0 Å². The van der Waals surface area contributed by atoms with Gasteiger partial charge in [-0.25, -0.2) is 9.59 Å². The summed E-state index contributed by atoms with van der Waals surface area (Å²) in [6, 6.07) is 4.61. The first-order valence-electron chi connectivity index (χ1n) is 13.7. The largest absolute Gasteiger partial charge is 0.465 e. The number of benzene rings is 3. The topological polar surface area (TPSA) is 52.6 Å². The third-order valence-electron chi connectivity index (χ3n) is 7.60. The third-order valence-corrected chi connectivity index (χ3v) is 7.60. The van der Waals surface area contributed by atoms with Crippen LogP contribution in [0.1, 0.15) is 108 Å². The van der Waals surface area contributed by atoms with Gasteiger partial charge in [-0.2, -0.15) is 0 Å². The van der Waals surface area contributed by atoms with Crippen LogP contribution in [0.5, 0.6) is 0 Å². The van der Waals surface area contributed by atoms with Gasteiger partial charge in [0.25, 0.3) is 0 Å². The Labute approximate surface area is 216 Å². The molecule has 0 aromatic heterocycles. The highest BCUT2D eigenvalue weighted by Gasteiger charge is 2.29. The van der Waals surface area contributed by atoms with Gasteiger partial charge in [0.15, 0.2) is 0 Å². The summed E-state index contributed by atoms with van der Waals surface area (Å²) < 4.78 is 10.5. The van der Waals surface area contributed by atoms with Gasteiger partial charge in [-0.05, 0) is 106 Å². The normalized spacial score (nSPS) is 11.3. The summed E-state index contributed by atoms with van der Waals surface area (Å²) in [6.07, 6.45) is 6.98. The van der Waals surface area contributed by atoms with Crippen molar-refractivity contribution in [2.45, 2.75) is 92.9 Å². The number of carbonyl (C=O) groups is 2. The van der Waals surface area contributed by atoms with Crippen molar-refractivity contribution in [2.24, 2.45) is 0 Å². The Kier molecular flexibility index (Phi) is 9.16.